The number of hydrogen-bond donors (Lipinski definition) is 1. The fourth-order valence-electron chi connectivity index (χ4n) is 1.85. The van der Waals surface area contributed by atoms with Gasteiger partial charge in [-0.25, -0.2) is 0 Å². The van der Waals surface area contributed by atoms with Crippen LogP contribution in [0.4, 0.5) is 0 Å². The maximum Gasteiger partial charge on any atom is 0.0591 e. The fraction of sp³-hybridized carbons (Fsp3) is 0.600. The Kier molecular flexibility index (Phi) is 7.65. The summed E-state index contributed by atoms with van der Waals surface area (Å²) in [5.41, 5.74) is 4.06. The van der Waals surface area contributed by atoms with Gasteiger partial charge in [0.1, 0.15) is 0 Å². The van der Waals surface area contributed by atoms with E-state index in [1.807, 2.05) is 0 Å². The predicted octanol–water partition coefficient (Wildman–Crippen LogP) is 2.10. The molecule has 102 valence electrons. The zero-order valence-corrected chi connectivity index (χ0v) is 11.8. The fourth-order valence-corrected chi connectivity index (χ4v) is 1.85. The molecule has 0 aliphatic rings. The van der Waals surface area contributed by atoms with Crippen molar-refractivity contribution < 1.29 is 9.47 Å². The van der Waals surface area contributed by atoms with Crippen molar-refractivity contribution in [3.63, 3.8) is 0 Å². The second kappa shape index (κ2) is 9.09. The zero-order chi connectivity index (χ0) is 13.2. The summed E-state index contributed by atoms with van der Waals surface area (Å²) in [7, 11) is 1.71. The number of nitrogens with one attached hydrogen (secondary N) is 1. The highest BCUT2D eigenvalue weighted by Crippen LogP contribution is 2.10. The molecule has 1 rings (SSSR count). The van der Waals surface area contributed by atoms with Crippen LogP contribution in [0.15, 0.2) is 18.2 Å². The Bertz CT molecular complexity index is 339. The molecule has 0 aliphatic heterocycles. The first-order chi connectivity index (χ1) is 8.74. The SMILES string of the molecule is COCCNCCOCCc1ccc(C)cc1C. The van der Waals surface area contributed by atoms with Gasteiger partial charge in [-0.15, -0.1) is 0 Å². The second-order valence-corrected chi connectivity index (χ2v) is 4.54. The molecule has 0 amide bonds. The van der Waals surface area contributed by atoms with Gasteiger partial charge in [0.05, 0.1) is 19.8 Å². The molecule has 3 heteroatoms. The summed E-state index contributed by atoms with van der Waals surface area (Å²) in [5, 5.41) is 3.25. The summed E-state index contributed by atoms with van der Waals surface area (Å²) in [6.45, 7) is 8.35. The van der Waals surface area contributed by atoms with Gasteiger partial charge in [-0.3, -0.25) is 0 Å². The maximum absolute atomic E-state index is 5.60. The average Bonchev–Trinajstić information content (AvgIpc) is 2.35. The molecule has 0 saturated carbocycles. The summed E-state index contributed by atoms with van der Waals surface area (Å²) in [4.78, 5) is 0. The molecule has 0 aliphatic carbocycles. The van der Waals surface area contributed by atoms with Gasteiger partial charge in [-0.2, -0.15) is 0 Å². The number of benzene rings is 1. The van der Waals surface area contributed by atoms with Gasteiger partial charge in [0.25, 0.3) is 0 Å². The Labute approximate surface area is 110 Å². The Balaban J connectivity index is 2.07. The molecule has 18 heavy (non-hydrogen) atoms. The standard InChI is InChI=1S/C15H25NO2/c1-13-4-5-15(14(2)12-13)6-9-18-11-8-16-7-10-17-3/h4-5,12,16H,6-11H2,1-3H3. The Morgan fingerprint density at radius 1 is 1.06 bits per heavy atom. The van der Waals surface area contributed by atoms with Crippen molar-refractivity contribution in [2.75, 3.05) is 40.0 Å². The Hall–Kier alpha value is -0.900. The third kappa shape index (κ3) is 6.15. The molecule has 0 atom stereocenters. The van der Waals surface area contributed by atoms with Gasteiger partial charge in [-0.1, -0.05) is 23.8 Å². The molecule has 0 heterocycles. The van der Waals surface area contributed by atoms with Crippen molar-refractivity contribution >= 4 is 0 Å². The van der Waals surface area contributed by atoms with Crippen LogP contribution in [-0.4, -0.2) is 40.0 Å². The normalized spacial score (nSPS) is 10.8. The lowest BCUT2D eigenvalue weighted by molar-refractivity contribution is 0.135. The lowest BCUT2D eigenvalue weighted by atomic mass is 10.0. The predicted molar refractivity (Wildman–Crippen MR) is 75.2 cm³/mol. The zero-order valence-electron chi connectivity index (χ0n) is 11.8. The monoisotopic (exact) mass is 251 g/mol. The van der Waals surface area contributed by atoms with Crippen LogP contribution in [0.1, 0.15) is 16.7 Å². The first kappa shape index (κ1) is 15.2. The molecule has 0 spiro atoms. The number of hydrogen-bond acceptors (Lipinski definition) is 3. The molecule has 0 radical (unpaired) electrons. The quantitative estimate of drug-likeness (QED) is 0.682. The summed E-state index contributed by atoms with van der Waals surface area (Å²) in [6.07, 6.45) is 0.990. The van der Waals surface area contributed by atoms with E-state index in [4.69, 9.17) is 9.47 Å². The first-order valence-electron chi connectivity index (χ1n) is 6.57. The molecule has 1 N–H and O–H groups in total. The third-order valence-corrected chi connectivity index (χ3v) is 2.92. The van der Waals surface area contributed by atoms with Crippen LogP contribution in [0.25, 0.3) is 0 Å². The van der Waals surface area contributed by atoms with Gasteiger partial charge >= 0.3 is 0 Å². The van der Waals surface area contributed by atoms with Crippen LogP contribution in [0, 0.1) is 13.8 Å². The molecule has 0 unspecified atom stereocenters. The molecule has 0 bridgehead atoms. The number of ether oxygens (including phenoxy) is 2. The lowest BCUT2D eigenvalue weighted by Crippen LogP contribution is -2.23. The summed E-state index contributed by atoms with van der Waals surface area (Å²) >= 11 is 0. The van der Waals surface area contributed by atoms with E-state index >= 15 is 0 Å². The average molecular weight is 251 g/mol. The van der Waals surface area contributed by atoms with E-state index in [2.05, 4.69) is 37.4 Å². The van der Waals surface area contributed by atoms with Crippen molar-refractivity contribution in [2.24, 2.45) is 0 Å². The van der Waals surface area contributed by atoms with Crippen LogP contribution >= 0.6 is 0 Å². The molecule has 0 saturated heterocycles. The molecule has 1 aromatic rings. The minimum atomic E-state index is 0.753. The van der Waals surface area contributed by atoms with Gasteiger partial charge in [-0.05, 0) is 31.4 Å². The molecule has 3 nitrogen and oxygen atoms in total. The van der Waals surface area contributed by atoms with Crippen LogP contribution in [0.3, 0.4) is 0 Å². The van der Waals surface area contributed by atoms with E-state index in [1.54, 1.807) is 7.11 Å². The Morgan fingerprint density at radius 2 is 1.83 bits per heavy atom. The summed E-state index contributed by atoms with van der Waals surface area (Å²) in [6, 6.07) is 6.58. The Morgan fingerprint density at radius 3 is 2.56 bits per heavy atom. The van der Waals surface area contributed by atoms with Gasteiger partial charge in [0.15, 0.2) is 0 Å². The van der Waals surface area contributed by atoms with Gasteiger partial charge in [0, 0.05) is 20.2 Å². The second-order valence-electron chi connectivity index (χ2n) is 4.54. The van der Waals surface area contributed by atoms with Crippen LogP contribution in [0.5, 0.6) is 0 Å². The topological polar surface area (TPSA) is 30.5 Å². The first-order valence-corrected chi connectivity index (χ1v) is 6.57. The molecule has 0 fully saturated rings. The molecular weight excluding hydrogens is 226 g/mol. The summed E-state index contributed by atoms with van der Waals surface area (Å²) in [5.74, 6) is 0. The minimum Gasteiger partial charge on any atom is -0.383 e. The number of methoxy groups -OCH3 is 1. The van der Waals surface area contributed by atoms with E-state index in [-0.39, 0.29) is 0 Å². The van der Waals surface area contributed by atoms with E-state index in [0.29, 0.717) is 0 Å². The molecular formula is C15H25NO2. The largest absolute Gasteiger partial charge is 0.383 e. The molecule has 0 aromatic heterocycles. The lowest BCUT2D eigenvalue weighted by Gasteiger charge is -2.08. The number of rotatable bonds is 9. The maximum atomic E-state index is 5.60. The van der Waals surface area contributed by atoms with Crippen LogP contribution in [-0.2, 0) is 15.9 Å². The molecule has 1 aromatic carbocycles. The van der Waals surface area contributed by atoms with Crippen molar-refractivity contribution in [3.05, 3.63) is 34.9 Å². The minimum absolute atomic E-state index is 0.753. The third-order valence-electron chi connectivity index (χ3n) is 2.92. The van der Waals surface area contributed by atoms with E-state index in [1.165, 1.54) is 16.7 Å². The van der Waals surface area contributed by atoms with E-state index in [9.17, 15) is 0 Å². The van der Waals surface area contributed by atoms with Crippen molar-refractivity contribution in [1.29, 1.82) is 0 Å². The van der Waals surface area contributed by atoms with Crippen molar-refractivity contribution in [1.82, 2.24) is 5.32 Å². The highest BCUT2D eigenvalue weighted by atomic mass is 16.5. The van der Waals surface area contributed by atoms with Crippen molar-refractivity contribution in [3.8, 4) is 0 Å². The number of aryl methyl sites for hydroxylation is 2. The highest BCUT2D eigenvalue weighted by molar-refractivity contribution is 5.30. The van der Waals surface area contributed by atoms with E-state index in [0.717, 1.165) is 39.3 Å². The van der Waals surface area contributed by atoms with Crippen LogP contribution < -0.4 is 5.32 Å². The summed E-state index contributed by atoms with van der Waals surface area (Å²) < 4.78 is 10.5. The van der Waals surface area contributed by atoms with E-state index < -0.39 is 0 Å². The highest BCUT2D eigenvalue weighted by Gasteiger charge is 1.98. The van der Waals surface area contributed by atoms with Gasteiger partial charge in [0.2, 0.25) is 0 Å². The smallest absolute Gasteiger partial charge is 0.0591 e. The van der Waals surface area contributed by atoms with Crippen molar-refractivity contribution in [2.45, 2.75) is 20.3 Å². The van der Waals surface area contributed by atoms with Gasteiger partial charge < -0.3 is 14.8 Å². The van der Waals surface area contributed by atoms with Crippen LogP contribution in [0.2, 0.25) is 0 Å².